The average molecular weight is 291 g/mol. The van der Waals surface area contributed by atoms with Gasteiger partial charge in [0, 0.05) is 13.5 Å². The zero-order chi connectivity index (χ0) is 15.4. The fourth-order valence-electron chi connectivity index (χ4n) is 3.10. The van der Waals surface area contributed by atoms with Gasteiger partial charge < -0.3 is 5.32 Å². The summed E-state index contributed by atoms with van der Waals surface area (Å²) in [6.45, 7) is 2.24. The highest BCUT2D eigenvalue weighted by Gasteiger charge is 2.16. The lowest BCUT2D eigenvalue weighted by Crippen LogP contribution is -2.20. The molecular formula is C20H21NO. The number of amides is 1. The molecule has 2 aromatic carbocycles. The van der Waals surface area contributed by atoms with E-state index in [2.05, 4.69) is 59.9 Å². The highest BCUT2D eigenvalue weighted by atomic mass is 16.1. The topological polar surface area (TPSA) is 29.1 Å². The highest BCUT2D eigenvalue weighted by Crippen LogP contribution is 2.33. The van der Waals surface area contributed by atoms with Gasteiger partial charge in [0.15, 0.2) is 0 Å². The third-order valence-corrected chi connectivity index (χ3v) is 4.15. The molecule has 3 rings (SSSR count). The van der Waals surface area contributed by atoms with Crippen molar-refractivity contribution >= 4 is 11.5 Å². The van der Waals surface area contributed by atoms with E-state index in [0.717, 1.165) is 19.3 Å². The van der Waals surface area contributed by atoms with Gasteiger partial charge in [-0.3, -0.25) is 4.79 Å². The van der Waals surface area contributed by atoms with E-state index in [-0.39, 0.29) is 5.91 Å². The van der Waals surface area contributed by atoms with Crippen LogP contribution >= 0.6 is 0 Å². The Morgan fingerprint density at radius 2 is 1.55 bits per heavy atom. The number of carbonyl (C=O) groups is 1. The van der Waals surface area contributed by atoms with Crippen LogP contribution in [-0.4, -0.2) is 12.5 Å². The van der Waals surface area contributed by atoms with Crippen LogP contribution in [-0.2, 0) is 17.6 Å². The first-order valence-electron chi connectivity index (χ1n) is 7.87. The Labute approximate surface area is 131 Å². The number of nitrogens with one attached hydrogen (secondary N) is 1. The number of hydrogen-bond acceptors (Lipinski definition) is 1. The molecule has 1 N–H and O–H groups in total. The van der Waals surface area contributed by atoms with Crippen molar-refractivity contribution in [1.82, 2.24) is 5.32 Å². The van der Waals surface area contributed by atoms with Crippen LogP contribution in [0, 0.1) is 0 Å². The largest absolute Gasteiger partial charge is 0.356 e. The van der Waals surface area contributed by atoms with Crippen molar-refractivity contribution in [3.8, 4) is 0 Å². The SMILES string of the molecule is CC(=O)NCCC=C1c2ccccc2CCc2ccccc21. The van der Waals surface area contributed by atoms with Crippen molar-refractivity contribution in [3.05, 3.63) is 76.9 Å². The maximum absolute atomic E-state index is 11.0. The minimum absolute atomic E-state index is 0.0278. The molecule has 0 bridgehead atoms. The van der Waals surface area contributed by atoms with Crippen molar-refractivity contribution < 1.29 is 4.79 Å². The smallest absolute Gasteiger partial charge is 0.216 e. The molecule has 0 heterocycles. The molecule has 0 aliphatic heterocycles. The molecule has 0 fully saturated rings. The molecule has 0 saturated carbocycles. The van der Waals surface area contributed by atoms with Crippen LogP contribution in [0.4, 0.5) is 0 Å². The summed E-state index contributed by atoms with van der Waals surface area (Å²) in [4.78, 5) is 11.0. The predicted octanol–water partition coefficient (Wildman–Crippen LogP) is 3.74. The summed E-state index contributed by atoms with van der Waals surface area (Å²) < 4.78 is 0. The van der Waals surface area contributed by atoms with Gasteiger partial charge in [-0.2, -0.15) is 0 Å². The number of carbonyl (C=O) groups excluding carboxylic acids is 1. The second-order valence-corrected chi connectivity index (χ2v) is 5.70. The third-order valence-electron chi connectivity index (χ3n) is 4.15. The Morgan fingerprint density at radius 1 is 1.00 bits per heavy atom. The van der Waals surface area contributed by atoms with E-state index in [1.54, 1.807) is 6.92 Å². The normalized spacial score (nSPS) is 12.9. The van der Waals surface area contributed by atoms with Gasteiger partial charge in [0.05, 0.1) is 0 Å². The van der Waals surface area contributed by atoms with Gasteiger partial charge in [-0.15, -0.1) is 0 Å². The van der Waals surface area contributed by atoms with Crippen molar-refractivity contribution in [2.75, 3.05) is 6.54 Å². The molecule has 112 valence electrons. The standard InChI is InChI=1S/C20H21NO/c1-15(22)21-14-6-11-20-18-9-4-2-7-16(18)12-13-17-8-3-5-10-19(17)20/h2-5,7-11H,6,12-14H2,1H3,(H,21,22). The van der Waals surface area contributed by atoms with Gasteiger partial charge in [-0.1, -0.05) is 54.6 Å². The van der Waals surface area contributed by atoms with E-state index in [9.17, 15) is 4.79 Å². The first-order valence-corrected chi connectivity index (χ1v) is 7.87. The van der Waals surface area contributed by atoms with Gasteiger partial charge in [-0.05, 0) is 47.1 Å². The molecule has 22 heavy (non-hydrogen) atoms. The van der Waals surface area contributed by atoms with E-state index < -0.39 is 0 Å². The van der Waals surface area contributed by atoms with Gasteiger partial charge in [0.1, 0.15) is 0 Å². The van der Waals surface area contributed by atoms with Gasteiger partial charge >= 0.3 is 0 Å². The second kappa shape index (κ2) is 6.61. The second-order valence-electron chi connectivity index (χ2n) is 5.70. The quantitative estimate of drug-likeness (QED) is 0.858. The van der Waals surface area contributed by atoms with Crippen LogP contribution < -0.4 is 5.32 Å². The Morgan fingerprint density at radius 3 is 2.09 bits per heavy atom. The average Bonchev–Trinajstić information content (AvgIpc) is 2.69. The van der Waals surface area contributed by atoms with E-state index in [1.165, 1.54) is 27.8 Å². The van der Waals surface area contributed by atoms with Crippen molar-refractivity contribution in [3.63, 3.8) is 0 Å². The van der Waals surface area contributed by atoms with Gasteiger partial charge in [0.25, 0.3) is 0 Å². The summed E-state index contributed by atoms with van der Waals surface area (Å²) in [5.74, 6) is 0.0278. The number of hydrogen-bond donors (Lipinski definition) is 1. The first-order chi connectivity index (χ1) is 10.8. The monoisotopic (exact) mass is 291 g/mol. The van der Waals surface area contributed by atoms with E-state index in [4.69, 9.17) is 0 Å². The van der Waals surface area contributed by atoms with E-state index >= 15 is 0 Å². The molecule has 2 nitrogen and oxygen atoms in total. The molecule has 0 aromatic heterocycles. The number of benzene rings is 2. The lowest BCUT2D eigenvalue weighted by molar-refractivity contribution is -0.118. The molecule has 0 unspecified atom stereocenters. The Bertz CT molecular complexity index is 666. The molecule has 0 atom stereocenters. The zero-order valence-corrected chi connectivity index (χ0v) is 12.9. The minimum atomic E-state index is 0.0278. The lowest BCUT2D eigenvalue weighted by atomic mass is 9.93. The molecule has 1 aliphatic carbocycles. The summed E-state index contributed by atoms with van der Waals surface area (Å²) in [5.41, 5.74) is 6.77. The highest BCUT2D eigenvalue weighted by molar-refractivity contribution is 5.84. The Hall–Kier alpha value is -2.35. The van der Waals surface area contributed by atoms with E-state index in [0.29, 0.717) is 6.54 Å². The van der Waals surface area contributed by atoms with Crippen LogP contribution in [0.15, 0.2) is 54.6 Å². The van der Waals surface area contributed by atoms with Gasteiger partial charge in [0.2, 0.25) is 5.91 Å². The molecule has 0 spiro atoms. The Kier molecular flexibility index (Phi) is 4.38. The summed E-state index contributed by atoms with van der Waals surface area (Å²) in [6.07, 6.45) is 5.27. The van der Waals surface area contributed by atoms with E-state index in [1.807, 2.05) is 0 Å². The number of rotatable bonds is 3. The van der Waals surface area contributed by atoms with Gasteiger partial charge in [-0.25, -0.2) is 0 Å². The molecule has 1 amide bonds. The summed E-state index contributed by atoms with van der Waals surface area (Å²) in [7, 11) is 0. The van der Waals surface area contributed by atoms with Crippen LogP contribution in [0.2, 0.25) is 0 Å². The van der Waals surface area contributed by atoms with Crippen LogP contribution in [0.25, 0.3) is 5.57 Å². The predicted molar refractivity (Wildman–Crippen MR) is 90.7 cm³/mol. The number of fused-ring (bicyclic) bond motifs is 2. The molecule has 2 aromatic rings. The molecule has 2 heteroatoms. The van der Waals surface area contributed by atoms with Crippen LogP contribution in [0.1, 0.15) is 35.6 Å². The summed E-state index contributed by atoms with van der Waals surface area (Å²) in [6, 6.07) is 17.3. The summed E-state index contributed by atoms with van der Waals surface area (Å²) >= 11 is 0. The maximum Gasteiger partial charge on any atom is 0.216 e. The number of aryl methyl sites for hydroxylation is 2. The lowest BCUT2D eigenvalue weighted by Gasteiger charge is -2.12. The van der Waals surface area contributed by atoms with Crippen molar-refractivity contribution in [1.29, 1.82) is 0 Å². The molecular weight excluding hydrogens is 270 g/mol. The molecule has 0 radical (unpaired) electrons. The van der Waals surface area contributed by atoms with Crippen LogP contribution in [0.5, 0.6) is 0 Å². The summed E-state index contributed by atoms with van der Waals surface area (Å²) in [5, 5.41) is 2.87. The zero-order valence-electron chi connectivity index (χ0n) is 12.9. The fourth-order valence-corrected chi connectivity index (χ4v) is 3.10. The molecule has 0 saturated heterocycles. The van der Waals surface area contributed by atoms with Crippen molar-refractivity contribution in [2.24, 2.45) is 0 Å². The van der Waals surface area contributed by atoms with Crippen molar-refractivity contribution in [2.45, 2.75) is 26.2 Å². The third kappa shape index (κ3) is 3.11. The van der Waals surface area contributed by atoms with Crippen LogP contribution in [0.3, 0.4) is 0 Å². The fraction of sp³-hybridized carbons (Fsp3) is 0.250. The Balaban J connectivity index is 1.98. The minimum Gasteiger partial charge on any atom is -0.356 e. The maximum atomic E-state index is 11.0. The molecule has 1 aliphatic rings. The first kappa shape index (κ1) is 14.6.